The van der Waals surface area contributed by atoms with Gasteiger partial charge in [0.15, 0.2) is 0 Å². The monoisotopic (exact) mass is 399 g/mol. The smallest absolute Gasteiger partial charge is 0.414 e. The van der Waals surface area contributed by atoms with Crippen LogP contribution in [0.5, 0.6) is 5.75 Å². The molecule has 4 rings (SSSR count). The zero-order valence-corrected chi connectivity index (χ0v) is 16.4. The van der Waals surface area contributed by atoms with Gasteiger partial charge in [-0.05, 0) is 31.5 Å². The molecule has 2 aromatic rings. The molecule has 0 spiro atoms. The fourth-order valence-electron chi connectivity index (χ4n) is 3.64. The van der Waals surface area contributed by atoms with E-state index in [1.165, 1.54) is 0 Å². The lowest BCUT2D eigenvalue weighted by molar-refractivity contribution is -0.119. The Balaban J connectivity index is 1.48. The summed E-state index contributed by atoms with van der Waals surface area (Å²) < 4.78 is 11.2. The number of nitrogens with zero attached hydrogens (tertiary/aromatic N) is 3. The van der Waals surface area contributed by atoms with Gasteiger partial charge < -0.3 is 24.7 Å². The minimum absolute atomic E-state index is 0.00504. The fraction of sp³-hybridized carbons (Fsp3) is 0.450. The van der Waals surface area contributed by atoms with Gasteiger partial charge in [0, 0.05) is 24.8 Å². The SMILES string of the molecule is CCN(C(=O)OC[C@H]1CCC(=O)N1)c1ccc2c(c1)N(Cc1cnc[nH]1)CCO2. The van der Waals surface area contributed by atoms with E-state index in [4.69, 9.17) is 9.47 Å². The van der Waals surface area contributed by atoms with Crippen LogP contribution in [0, 0.1) is 0 Å². The van der Waals surface area contributed by atoms with Crippen LogP contribution < -0.4 is 19.9 Å². The molecule has 2 aliphatic heterocycles. The van der Waals surface area contributed by atoms with Gasteiger partial charge in [-0.15, -0.1) is 0 Å². The van der Waals surface area contributed by atoms with E-state index in [9.17, 15) is 9.59 Å². The maximum absolute atomic E-state index is 12.7. The first-order chi connectivity index (χ1) is 14.1. The number of carbonyl (C=O) groups excluding carboxylic acids is 2. The molecule has 0 unspecified atom stereocenters. The van der Waals surface area contributed by atoms with E-state index in [2.05, 4.69) is 20.2 Å². The van der Waals surface area contributed by atoms with Crippen molar-refractivity contribution in [2.24, 2.45) is 0 Å². The van der Waals surface area contributed by atoms with Gasteiger partial charge in [-0.1, -0.05) is 0 Å². The third-order valence-corrected chi connectivity index (χ3v) is 5.16. The highest BCUT2D eigenvalue weighted by atomic mass is 16.6. The van der Waals surface area contributed by atoms with Crippen LogP contribution in [-0.4, -0.2) is 54.3 Å². The van der Waals surface area contributed by atoms with Gasteiger partial charge in [-0.3, -0.25) is 9.69 Å². The summed E-state index contributed by atoms with van der Waals surface area (Å²) in [6.07, 6.45) is 4.21. The summed E-state index contributed by atoms with van der Waals surface area (Å²) in [7, 11) is 0. The minimum Gasteiger partial charge on any atom is -0.490 e. The highest BCUT2D eigenvalue weighted by molar-refractivity contribution is 5.89. The molecule has 2 aliphatic rings. The second kappa shape index (κ2) is 8.42. The summed E-state index contributed by atoms with van der Waals surface area (Å²) in [5.74, 6) is 0.794. The number of imidazole rings is 1. The van der Waals surface area contributed by atoms with Crippen LogP contribution in [0.3, 0.4) is 0 Å². The summed E-state index contributed by atoms with van der Waals surface area (Å²) in [6, 6.07) is 5.59. The largest absolute Gasteiger partial charge is 0.490 e. The van der Waals surface area contributed by atoms with Crippen LogP contribution in [0.2, 0.25) is 0 Å². The molecule has 154 valence electrons. The van der Waals surface area contributed by atoms with E-state index in [0.29, 0.717) is 32.5 Å². The second-order valence-electron chi connectivity index (χ2n) is 7.12. The molecule has 9 heteroatoms. The van der Waals surface area contributed by atoms with Gasteiger partial charge in [0.25, 0.3) is 0 Å². The maximum atomic E-state index is 12.7. The van der Waals surface area contributed by atoms with Crippen LogP contribution in [-0.2, 0) is 16.1 Å². The van der Waals surface area contributed by atoms with Crippen molar-refractivity contribution < 1.29 is 19.1 Å². The van der Waals surface area contributed by atoms with Gasteiger partial charge in [0.1, 0.15) is 19.0 Å². The Morgan fingerprint density at radius 3 is 3.07 bits per heavy atom. The summed E-state index contributed by atoms with van der Waals surface area (Å²) in [4.78, 5) is 34.9. The van der Waals surface area contributed by atoms with Crippen molar-refractivity contribution in [3.63, 3.8) is 0 Å². The van der Waals surface area contributed by atoms with Crippen molar-refractivity contribution in [1.29, 1.82) is 0 Å². The lowest BCUT2D eigenvalue weighted by atomic mass is 10.2. The Kier molecular flexibility index (Phi) is 5.55. The molecule has 0 aliphatic carbocycles. The molecule has 9 nitrogen and oxygen atoms in total. The maximum Gasteiger partial charge on any atom is 0.414 e. The van der Waals surface area contributed by atoms with Crippen LogP contribution >= 0.6 is 0 Å². The molecule has 2 amide bonds. The zero-order chi connectivity index (χ0) is 20.2. The first-order valence-electron chi connectivity index (χ1n) is 9.86. The number of nitrogens with one attached hydrogen (secondary N) is 2. The highest BCUT2D eigenvalue weighted by Gasteiger charge is 2.25. The molecule has 0 bridgehead atoms. The predicted octanol–water partition coefficient (Wildman–Crippen LogP) is 2.05. The molecule has 1 aromatic carbocycles. The number of anilines is 2. The van der Waals surface area contributed by atoms with E-state index in [1.807, 2.05) is 25.1 Å². The van der Waals surface area contributed by atoms with E-state index >= 15 is 0 Å². The van der Waals surface area contributed by atoms with Crippen LogP contribution in [0.25, 0.3) is 0 Å². The van der Waals surface area contributed by atoms with Gasteiger partial charge in [-0.2, -0.15) is 0 Å². The summed E-state index contributed by atoms with van der Waals surface area (Å²) in [6.45, 7) is 4.58. The molecule has 2 N–H and O–H groups in total. The topological polar surface area (TPSA) is 99.8 Å². The normalized spacial score (nSPS) is 18.0. The summed E-state index contributed by atoms with van der Waals surface area (Å²) in [5.41, 5.74) is 2.68. The summed E-state index contributed by atoms with van der Waals surface area (Å²) >= 11 is 0. The van der Waals surface area contributed by atoms with Crippen molar-refractivity contribution in [2.45, 2.75) is 32.4 Å². The van der Waals surface area contributed by atoms with Crippen LogP contribution in [0.1, 0.15) is 25.5 Å². The average Bonchev–Trinajstić information content (AvgIpc) is 3.39. The number of carbonyl (C=O) groups is 2. The molecule has 1 saturated heterocycles. The van der Waals surface area contributed by atoms with Crippen molar-refractivity contribution in [2.75, 3.05) is 36.1 Å². The molecule has 0 radical (unpaired) electrons. The third kappa shape index (κ3) is 4.28. The zero-order valence-electron chi connectivity index (χ0n) is 16.4. The van der Waals surface area contributed by atoms with Crippen molar-refractivity contribution >= 4 is 23.4 Å². The molecule has 3 heterocycles. The second-order valence-corrected chi connectivity index (χ2v) is 7.12. The molecule has 1 atom stereocenters. The van der Waals surface area contributed by atoms with Gasteiger partial charge >= 0.3 is 6.09 Å². The number of benzene rings is 1. The number of ether oxygens (including phenoxy) is 2. The Morgan fingerprint density at radius 2 is 2.34 bits per heavy atom. The predicted molar refractivity (Wildman–Crippen MR) is 107 cm³/mol. The molecular formula is C20H25N5O4. The van der Waals surface area contributed by atoms with Crippen LogP contribution in [0.4, 0.5) is 16.2 Å². The minimum atomic E-state index is -0.426. The molecule has 0 saturated carbocycles. The summed E-state index contributed by atoms with van der Waals surface area (Å²) in [5, 5.41) is 2.81. The first-order valence-corrected chi connectivity index (χ1v) is 9.86. The molecule has 1 aromatic heterocycles. The van der Waals surface area contributed by atoms with Gasteiger partial charge in [0.05, 0.1) is 36.8 Å². The molecular weight excluding hydrogens is 374 g/mol. The van der Waals surface area contributed by atoms with Crippen LogP contribution in [0.15, 0.2) is 30.7 Å². The number of fused-ring (bicyclic) bond motifs is 1. The standard InChI is InChI=1S/C20H25N5O4/c1-2-25(20(27)29-12-14-3-6-19(26)23-14)16-4-5-18-17(9-16)24(7-8-28-18)11-15-10-21-13-22-15/h4-5,9-10,13-14H,2-3,6-8,11-12H2,1H3,(H,21,22)(H,23,26)/t14-/m1/s1. The number of amides is 2. The Bertz CT molecular complexity index is 870. The van der Waals surface area contributed by atoms with E-state index in [-0.39, 0.29) is 18.6 Å². The van der Waals surface area contributed by atoms with E-state index in [1.54, 1.807) is 17.4 Å². The Morgan fingerprint density at radius 1 is 1.45 bits per heavy atom. The number of aromatic nitrogens is 2. The van der Waals surface area contributed by atoms with Crippen molar-refractivity contribution in [3.05, 3.63) is 36.4 Å². The first kappa shape index (κ1) is 19.1. The highest BCUT2D eigenvalue weighted by Crippen LogP contribution is 2.36. The Hall–Kier alpha value is -3.23. The van der Waals surface area contributed by atoms with E-state index < -0.39 is 6.09 Å². The number of H-pyrrole nitrogens is 1. The Labute approximate surface area is 169 Å². The average molecular weight is 399 g/mol. The number of rotatable bonds is 6. The number of hydrogen-bond donors (Lipinski definition) is 2. The molecule has 29 heavy (non-hydrogen) atoms. The third-order valence-electron chi connectivity index (χ3n) is 5.16. The van der Waals surface area contributed by atoms with Crippen molar-refractivity contribution in [3.8, 4) is 5.75 Å². The van der Waals surface area contributed by atoms with Gasteiger partial charge in [-0.25, -0.2) is 9.78 Å². The number of hydrogen-bond acceptors (Lipinski definition) is 6. The lowest BCUT2D eigenvalue weighted by Gasteiger charge is -2.32. The quantitative estimate of drug-likeness (QED) is 0.771. The van der Waals surface area contributed by atoms with Gasteiger partial charge in [0.2, 0.25) is 5.91 Å². The van der Waals surface area contributed by atoms with Crippen molar-refractivity contribution in [1.82, 2.24) is 15.3 Å². The number of aromatic amines is 1. The molecule has 1 fully saturated rings. The van der Waals surface area contributed by atoms with E-state index in [0.717, 1.165) is 29.4 Å². The lowest BCUT2D eigenvalue weighted by Crippen LogP contribution is -2.37. The fourth-order valence-corrected chi connectivity index (χ4v) is 3.64.